The molecule has 0 unspecified atom stereocenters. The van der Waals surface area contributed by atoms with Crippen molar-refractivity contribution in [2.75, 3.05) is 21.3 Å². The first-order valence-corrected chi connectivity index (χ1v) is 9.39. The molecule has 0 aliphatic heterocycles. The molecule has 0 saturated carbocycles. The van der Waals surface area contributed by atoms with Gasteiger partial charge in [0.2, 0.25) is 5.91 Å². The zero-order valence-electron chi connectivity index (χ0n) is 17.2. The highest BCUT2D eigenvalue weighted by molar-refractivity contribution is 5.75. The molecule has 0 bridgehead atoms. The Morgan fingerprint density at radius 1 is 0.967 bits per heavy atom. The van der Waals surface area contributed by atoms with E-state index >= 15 is 0 Å². The third-order valence-corrected chi connectivity index (χ3v) is 5.00. The van der Waals surface area contributed by atoms with Gasteiger partial charge in [0.05, 0.1) is 21.3 Å². The molecule has 3 rings (SSSR count). The van der Waals surface area contributed by atoms with Crippen LogP contribution in [0.2, 0.25) is 0 Å². The van der Waals surface area contributed by atoms with Crippen molar-refractivity contribution in [1.29, 1.82) is 0 Å². The van der Waals surface area contributed by atoms with Crippen LogP contribution in [0, 0.1) is 0 Å². The number of aromatic amines is 2. The van der Waals surface area contributed by atoms with Crippen molar-refractivity contribution in [3.05, 3.63) is 75.2 Å². The topological polar surface area (TPSA) is 119 Å². The summed E-state index contributed by atoms with van der Waals surface area (Å²) in [7, 11) is 4.68. The van der Waals surface area contributed by atoms with Gasteiger partial charge in [0, 0.05) is 30.0 Å². The molecule has 0 spiro atoms. The third kappa shape index (κ3) is 4.48. The van der Waals surface area contributed by atoms with Crippen LogP contribution in [0.5, 0.6) is 17.2 Å². The van der Waals surface area contributed by atoms with Gasteiger partial charge in [-0.05, 0) is 35.4 Å². The number of nitrogens with two attached hydrogens (primary N) is 1. The SMILES string of the molecule is COc1ccc(Cc2[nH][nH]c(=O)c2[C@@H](CC(N)=O)c2ccc(OC)c(OC)c2)cc1. The van der Waals surface area contributed by atoms with Gasteiger partial charge in [-0.25, -0.2) is 0 Å². The maximum atomic E-state index is 12.7. The monoisotopic (exact) mass is 411 g/mol. The maximum absolute atomic E-state index is 12.7. The summed E-state index contributed by atoms with van der Waals surface area (Å²) < 4.78 is 15.9. The Balaban J connectivity index is 2.03. The molecule has 0 radical (unpaired) electrons. The van der Waals surface area contributed by atoms with E-state index in [9.17, 15) is 9.59 Å². The number of H-pyrrole nitrogens is 2. The number of hydrogen-bond donors (Lipinski definition) is 3. The summed E-state index contributed by atoms with van der Waals surface area (Å²) in [5.41, 5.74) is 8.09. The molecule has 0 aliphatic rings. The van der Waals surface area contributed by atoms with Crippen molar-refractivity contribution < 1.29 is 19.0 Å². The van der Waals surface area contributed by atoms with E-state index in [-0.39, 0.29) is 12.0 Å². The van der Waals surface area contributed by atoms with Crippen molar-refractivity contribution in [3.8, 4) is 17.2 Å². The highest BCUT2D eigenvalue weighted by Gasteiger charge is 2.25. The van der Waals surface area contributed by atoms with Crippen molar-refractivity contribution >= 4 is 5.91 Å². The molecule has 0 saturated heterocycles. The van der Waals surface area contributed by atoms with E-state index in [1.807, 2.05) is 24.3 Å². The minimum Gasteiger partial charge on any atom is -0.497 e. The molecule has 3 aromatic rings. The number of aromatic nitrogens is 2. The fourth-order valence-electron chi connectivity index (χ4n) is 3.52. The van der Waals surface area contributed by atoms with Gasteiger partial charge in [-0.3, -0.25) is 14.7 Å². The molecule has 1 heterocycles. The fourth-order valence-corrected chi connectivity index (χ4v) is 3.52. The maximum Gasteiger partial charge on any atom is 0.267 e. The van der Waals surface area contributed by atoms with Crippen LogP contribution in [0.25, 0.3) is 0 Å². The molecule has 158 valence electrons. The lowest BCUT2D eigenvalue weighted by Gasteiger charge is -2.18. The number of methoxy groups -OCH3 is 3. The van der Waals surface area contributed by atoms with Crippen molar-refractivity contribution in [3.63, 3.8) is 0 Å². The normalized spacial score (nSPS) is 11.7. The number of carbonyl (C=O) groups excluding carboxylic acids is 1. The van der Waals surface area contributed by atoms with Gasteiger partial charge in [-0.15, -0.1) is 0 Å². The Hall–Kier alpha value is -3.68. The van der Waals surface area contributed by atoms with Crippen LogP contribution >= 0.6 is 0 Å². The lowest BCUT2D eigenvalue weighted by atomic mass is 9.87. The molecule has 4 N–H and O–H groups in total. The Morgan fingerprint density at radius 2 is 1.67 bits per heavy atom. The van der Waals surface area contributed by atoms with E-state index in [0.29, 0.717) is 29.2 Å². The number of carbonyl (C=O) groups is 1. The standard InChI is InChI=1S/C22H25N3O5/c1-28-15-7-4-13(5-8-15)10-17-21(22(27)25-24-17)16(12-20(23)26)14-6-9-18(29-2)19(11-14)30-3/h4-9,11,16H,10,12H2,1-3H3,(H2,23,26)(H2,24,25,27)/t16-/m0/s1. The Morgan fingerprint density at radius 3 is 2.27 bits per heavy atom. The quantitative estimate of drug-likeness (QED) is 0.499. The molecular formula is C22H25N3O5. The second-order valence-electron chi connectivity index (χ2n) is 6.83. The lowest BCUT2D eigenvalue weighted by molar-refractivity contribution is -0.118. The first kappa shape index (κ1) is 21.0. The van der Waals surface area contributed by atoms with Gasteiger partial charge in [-0.2, -0.15) is 0 Å². The van der Waals surface area contributed by atoms with E-state index in [0.717, 1.165) is 16.9 Å². The molecule has 0 aliphatic carbocycles. The van der Waals surface area contributed by atoms with Gasteiger partial charge >= 0.3 is 0 Å². The summed E-state index contributed by atoms with van der Waals surface area (Å²) in [6.07, 6.45) is 0.451. The highest BCUT2D eigenvalue weighted by Crippen LogP contribution is 2.35. The molecule has 1 atom stereocenters. The Labute approximate surface area is 174 Å². The summed E-state index contributed by atoms with van der Waals surface area (Å²) in [5, 5.41) is 5.59. The number of hydrogen-bond acceptors (Lipinski definition) is 5. The molecule has 8 heteroatoms. The van der Waals surface area contributed by atoms with E-state index in [4.69, 9.17) is 19.9 Å². The van der Waals surface area contributed by atoms with Crippen LogP contribution in [0.1, 0.15) is 34.7 Å². The first-order valence-electron chi connectivity index (χ1n) is 9.39. The minimum atomic E-state index is -0.537. The predicted molar refractivity (Wildman–Crippen MR) is 112 cm³/mol. The third-order valence-electron chi connectivity index (χ3n) is 5.00. The molecule has 30 heavy (non-hydrogen) atoms. The summed E-state index contributed by atoms with van der Waals surface area (Å²) in [4.78, 5) is 24.5. The van der Waals surface area contributed by atoms with Gasteiger partial charge in [0.15, 0.2) is 11.5 Å². The largest absolute Gasteiger partial charge is 0.497 e. The zero-order chi connectivity index (χ0) is 21.7. The number of rotatable bonds is 9. The summed E-state index contributed by atoms with van der Waals surface area (Å²) in [6.45, 7) is 0. The molecule has 0 fully saturated rings. The Kier molecular flexibility index (Phi) is 6.46. The molecule has 8 nitrogen and oxygen atoms in total. The van der Waals surface area contributed by atoms with E-state index in [2.05, 4.69) is 10.2 Å². The van der Waals surface area contributed by atoms with Crippen LogP contribution < -0.4 is 25.5 Å². The van der Waals surface area contributed by atoms with Crippen LogP contribution in [-0.4, -0.2) is 37.4 Å². The van der Waals surface area contributed by atoms with E-state index in [1.165, 1.54) is 7.11 Å². The van der Waals surface area contributed by atoms with Crippen LogP contribution in [0.15, 0.2) is 47.3 Å². The van der Waals surface area contributed by atoms with Crippen LogP contribution in [0.3, 0.4) is 0 Å². The average Bonchev–Trinajstić information content (AvgIpc) is 3.11. The summed E-state index contributed by atoms with van der Waals surface area (Å²) in [6, 6.07) is 12.9. The summed E-state index contributed by atoms with van der Waals surface area (Å²) >= 11 is 0. The smallest absolute Gasteiger partial charge is 0.267 e. The number of primary amides is 1. The molecule has 2 aromatic carbocycles. The van der Waals surface area contributed by atoms with E-state index < -0.39 is 11.8 Å². The van der Waals surface area contributed by atoms with E-state index in [1.54, 1.807) is 32.4 Å². The Bertz CT molecular complexity index is 1070. The van der Waals surface area contributed by atoms with Crippen LogP contribution in [-0.2, 0) is 11.2 Å². The van der Waals surface area contributed by atoms with Crippen molar-refractivity contribution in [2.45, 2.75) is 18.8 Å². The number of ether oxygens (including phenoxy) is 3. The van der Waals surface area contributed by atoms with Gasteiger partial charge in [-0.1, -0.05) is 18.2 Å². The van der Waals surface area contributed by atoms with Crippen molar-refractivity contribution in [1.82, 2.24) is 10.2 Å². The average molecular weight is 411 g/mol. The zero-order valence-corrected chi connectivity index (χ0v) is 17.2. The lowest BCUT2D eigenvalue weighted by Crippen LogP contribution is -2.21. The van der Waals surface area contributed by atoms with Gasteiger partial charge < -0.3 is 25.0 Å². The second-order valence-corrected chi connectivity index (χ2v) is 6.83. The second kappa shape index (κ2) is 9.21. The minimum absolute atomic E-state index is 0.0218. The molecule has 1 aromatic heterocycles. The predicted octanol–water partition coefficient (Wildman–Crippen LogP) is 2.33. The highest BCUT2D eigenvalue weighted by atomic mass is 16.5. The van der Waals surface area contributed by atoms with Gasteiger partial charge in [0.25, 0.3) is 5.56 Å². The molecule has 1 amide bonds. The summed E-state index contributed by atoms with van der Waals surface area (Å²) in [5.74, 6) is 0.767. The van der Waals surface area contributed by atoms with Crippen molar-refractivity contribution in [2.24, 2.45) is 5.73 Å². The van der Waals surface area contributed by atoms with Gasteiger partial charge in [0.1, 0.15) is 5.75 Å². The number of benzene rings is 2. The molecular weight excluding hydrogens is 386 g/mol. The fraction of sp³-hybridized carbons (Fsp3) is 0.273. The first-order chi connectivity index (χ1) is 14.5. The number of amides is 1. The number of nitrogens with one attached hydrogen (secondary N) is 2. The van der Waals surface area contributed by atoms with Crippen LogP contribution in [0.4, 0.5) is 0 Å².